The number of nitrogens with zero attached hydrogens (tertiary/aromatic N) is 2. The van der Waals surface area contributed by atoms with E-state index in [0.29, 0.717) is 44.0 Å². The number of nitrogens with two attached hydrogens (primary N) is 1. The summed E-state index contributed by atoms with van der Waals surface area (Å²) in [4.78, 5) is 16.0. The second-order valence-corrected chi connectivity index (χ2v) is 6.33. The fourth-order valence-corrected chi connectivity index (χ4v) is 3.01. The molecule has 0 aliphatic carbocycles. The van der Waals surface area contributed by atoms with Crippen LogP contribution in [0, 0.1) is 0 Å². The largest absolute Gasteiger partial charge is 0.416 e. The van der Waals surface area contributed by atoms with Gasteiger partial charge >= 0.3 is 6.18 Å². The minimum absolute atomic E-state index is 0. The van der Waals surface area contributed by atoms with Crippen molar-refractivity contribution in [3.8, 4) is 0 Å². The lowest BCUT2D eigenvalue weighted by atomic mass is 10.1. The summed E-state index contributed by atoms with van der Waals surface area (Å²) in [5.41, 5.74) is 7.06. The van der Waals surface area contributed by atoms with Gasteiger partial charge in [0.1, 0.15) is 0 Å². The van der Waals surface area contributed by atoms with Gasteiger partial charge in [-0.25, -0.2) is 0 Å². The highest BCUT2D eigenvalue weighted by Gasteiger charge is 2.31. The Labute approximate surface area is 174 Å². The van der Waals surface area contributed by atoms with Crippen LogP contribution in [0.25, 0.3) is 0 Å². The molecule has 0 atom stereocenters. The molecule has 1 aliphatic rings. The first-order valence-corrected chi connectivity index (χ1v) is 8.37. The second kappa shape index (κ2) is 9.89. The lowest BCUT2D eigenvalue weighted by molar-refractivity contribution is -0.137. The van der Waals surface area contributed by atoms with Gasteiger partial charge in [-0.1, -0.05) is 18.2 Å². The van der Waals surface area contributed by atoms with E-state index in [4.69, 9.17) is 5.73 Å². The van der Waals surface area contributed by atoms with Crippen LogP contribution in [-0.2, 0) is 17.4 Å². The third-order valence-electron chi connectivity index (χ3n) is 4.51. The minimum Gasteiger partial charge on any atom is -0.399 e. The normalized spacial score (nSPS) is 14.1. The van der Waals surface area contributed by atoms with E-state index in [2.05, 4.69) is 0 Å². The molecule has 1 aliphatic heterocycles. The van der Waals surface area contributed by atoms with Gasteiger partial charge in [-0.3, -0.25) is 4.79 Å². The molecule has 1 fully saturated rings. The number of hydrogen-bond donors (Lipinski definition) is 1. The Morgan fingerprint density at radius 1 is 0.964 bits per heavy atom. The van der Waals surface area contributed by atoms with E-state index < -0.39 is 11.7 Å². The molecule has 154 valence electrons. The van der Waals surface area contributed by atoms with Crippen molar-refractivity contribution in [2.75, 3.05) is 36.8 Å². The number of benzene rings is 2. The molecule has 0 aromatic heterocycles. The summed E-state index contributed by atoms with van der Waals surface area (Å²) >= 11 is 0. The summed E-state index contributed by atoms with van der Waals surface area (Å²) < 4.78 is 38.6. The first kappa shape index (κ1) is 23.9. The third kappa shape index (κ3) is 5.94. The summed E-state index contributed by atoms with van der Waals surface area (Å²) in [5, 5.41) is 0. The van der Waals surface area contributed by atoms with Gasteiger partial charge in [0.25, 0.3) is 0 Å². The number of hydrogen-bond acceptors (Lipinski definition) is 3. The fraction of sp³-hybridized carbons (Fsp3) is 0.316. The van der Waals surface area contributed by atoms with Crippen LogP contribution in [0.1, 0.15) is 11.1 Å². The summed E-state index contributed by atoms with van der Waals surface area (Å²) in [7, 11) is 0. The maximum atomic E-state index is 12.9. The molecule has 0 spiro atoms. The molecule has 2 aromatic rings. The average Bonchev–Trinajstić information content (AvgIpc) is 2.63. The molecule has 0 saturated carbocycles. The Balaban J connectivity index is 0.00000196. The van der Waals surface area contributed by atoms with E-state index in [1.54, 1.807) is 23.1 Å². The maximum Gasteiger partial charge on any atom is 0.416 e. The quantitative estimate of drug-likeness (QED) is 0.740. The molecular weight excluding hydrogens is 414 g/mol. The molecule has 0 unspecified atom stereocenters. The van der Waals surface area contributed by atoms with Crippen LogP contribution in [0.2, 0.25) is 0 Å². The third-order valence-corrected chi connectivity index (χ3v) is 4.51. The number of piperazine rings is 1. The van der Waals surface area contributed by atoms with Crippen molar-refractivity contribution in [2.24, 2.45) is 0 Å². The Morgan fingerprint density at radius 3 is 2.14 bits per heavy atom. The second-order valence-electron chi connectivity index (χ2n) is 6.33. The van der Waals surface area contributed by atoms with Gasteiger partial charge in [-0.2, -0.15) is 13.2 Å². The number of anilines is 2. The van der Waals surface area contributed by atoms with Crippen molar-refractivity contribution in [3.63, 3.8) is 0 Å². The van der Waals surface area contributed by atoms with Gasteiger partial charge in [-0.05, 0) is 35.9 Å². The van der Waals surface area contributed by atoms with Crippen molar-refractivity contribution < 1.29 is 18.0 Å². The molecule has 28 heavy (non-hydrogen) atoms. The molecule has 9 heteroatoms. The van der Waals surface area contributed by atoms with Crippen LogP contribution in [0.4, 0.5) is 24.5 Å². The van der Waals surface area contributed by atoms with Gasteiger partial charge in [0.05, 0.1) is 12.0 Å². The summed E-state index contributed by atoms with van der Waals surface area (Å²) in [6.07, 6.45) is -4.06. The summed E-state index contributed by atoms with van der Waals surface area (Å²) in [6, 6.07) is 12.5. The maximum absolute atomic E-state index is 12.9. The molecule has 3 rings (SSSR count). The van der Waals surface area contributed by atoms with E-state index >= 15 is 0 Å². The number of amides is 1. The standard InChI is InChI=1S/C19H20F3N3O.2ClH/c20-19(21,22)15-2-1-3-17(13-15)24-8-10-25(11-9-24)18(26)12-14-4-6-16(23)7-5-14;;/h1-7,13H,8-12,23H2;2*1H. The highest BCUT2D eigenvalue weighted by Crippen LogP contribution is 2.31. The van der Waals surface area contributed by atoms with E-state index in [9.17, 15) is 18.0 Å². The first-order chi connectivity index (χ1) is 12.3. The number of carbonyl (C=O) groups is 1. The monoisotopic (exact) mass is 435 g/mol. The Kier molecular flexibility index (Phi) is 8.45. The lowest BCUT2D eigenvalue weighted by Gasteiger charge is -2.36. The van der Waals surface area contributed by atoms with Gasteiger partial charge in [-0.15, -0.1) is 24.8 Å². The van der Waals surface area contributed by atoms with Crippen molar-refractivity contribution in [1.82, 2.24) is 4.90 Å². The fourth-order valence-electron chi connectivity index (χ4n) is 3.01. The molecule has 2 N–H and O–H groups in total. The SMILES string of the molecule is Cl.Cl.Nc1ccc(CC(=O)N2CCN(c3cccc(C(F)(F)F)c3)CC2)cc1. The zero-order chi connectivity index (χ0) is 18.7. The topological polar surface area (TPSA) is 49.6 Å². The molecule has 0 bridgehead atoms. The highest BCUT2D eigenvalue weighted by atomic mass is 35.5. The van der Waals surface area contributed by atoms with Crippen molar-refractivity contribution in [3.05, 3.63) is 59.7 Å². The van der Waals surface area contributed by atoms with Gasteiger partial charge in [0.2, 0.25) is 5.91 Å². The van der Waals surface area contributed by atoms with Crippen LogP contribution in [0.15, 0.2) is 48.5 Å². The lowest BCUT2D eigenvalue weighted by Crippen LogP contribution is -2.49. The van der Waals surface area contributed by atoms with Gasteiger partial charge in [0, 0.05) is 37.6 Å². The Bertz CT molecular complexity index is 777. The smallest absolute Gasteiger partial charge is 0.399 e. The molecule has 1 saturated heterocycles. The number of alkyl halides is 3. The summed E-state index contributed by atoms with van der Waals surface area (Å²) in [6.45, 7) is 2.00. The molecule has 2 aromatic carbocycles. The molecular formula is C19H22Cl2F3N3O. The van der Waals surface area contributed by atoms with Crippen LogP contribution < -0.4 is 10.6 Å². The zero-order valence-corrected chi connectivity index (χ0v) is 16.6. The number of nitrogen functional groups attached to an aromatic ring is 1. The molecule has 0 radical (unpaired) electrons. The van der Waals surface area contributed by atoms with Crippen LogP contribution in [0.5, 0.6) is 0 Å². The molecule has 1 heterocycles. The van der Waals surface area contributed by atoms with E-state index in [1.165, 1.54) is 6.07 Å². The Hall–Kier alpha value is -2.12. The number of rotatable bonds is 3. The van der Waals surface area contributed by atoms with Crippen molar-refractivity contribution in [2.45, 2.75) is 12.6 Å². The van der Waals surface area contributed by atoms with Crippen LogP contribution >= 0.6 is 24.8 Å². The zero-order valence-electron chi connectivity index (χ0n) is 15.0. The number of halogens is 5. The van der Waals surface area contributed by atoms with E-state index in [-0.39, 0.29) is 30.7 Å². The van der Waals surface area contributed by atoms with E-state index in [0.717, 1.165) is 17.7 Å². The van der Waals surface area contributed by atoms with Crippen molar-refractivity contribution >= 4 is 42.1 Å². The average molecular weight is 436 g/mol. The van der Waals surface area contributed by atoms with E-state index in [1.807, 2.05) is 17.0 Å². The predicted octanol–water partition coefficient (Wildman–Crippen LogP) is 4.02. The summed E-state index contributed by atoms with van der Waals surface area (Å²) in [5.74, 6) is 0.0125. The highest BCUT2D eigenvalue weighted by molar-refractivity contribution is 5.85. The van der Waals surface area contributed by atoms with Gasteiger partial charge < -0.3 is 15.5 Å². The minimum atomic E-state index is -4.35. The molecule has 1 amide bonds. The van der Waals surface area contributed by atoms with Gasteiger partial charge in [0.15, 0.2) is 0 Å². The van der Waals surface area contributed by atoms with Crippen molar-refractivity contribution in [1.29, 1.82) is 0 Å². The Morgan fingerprint density at radius 2 is 1.57 bits per heavy atom. The molecule has 4 nitrogen and oxygen atoms in total. The predicted molar refractivity (Wildman–Crippen MR) is 109 cm³/mol. The van der Waals surface area contributed by atoms with Crippen LogP contribution in [-0.4, -0.2) is 37.0 Å². The number of carbonyl (C=O) groups excluding carboxylic acids is 1. The van der Waals surface area contributed by atoms with Crippen LogP contribution in [0.3, 0.4) is 0 Å². The first-order valence-electron chi connectivity index (χ1n) is 8.37.